The Bertz CT molecular complexity index is 772. The van der Waals surface area contributed by atoms with Crippen molar-refractivity contribution in [1.29, 1.82) is 0 Å². The molecule has 1 unspecified atom stereocenters. The van der Waals surface area contributed by atoms with Gasteiger partial charge >= 0.3 is 0 Å². The van der Waals surface area contributed by atoms with Gasteiger partial charge in [0.2, 0.25) is 0 Å². The minimum absolute atomic E-state index is 0.208. The van der Waals surface area contributed by atoms with Crippen LogP contribution in [0.4, 0.5) is 5.82 Å². The molecule has 2 aromatic rings. The fraction of sp³-hybridized carbons (Fsp3) is 0.312. The van der Waals surface area contributed by atoms with Crippen LogP contribution in [-0.4, -0.2) is 27.4 Å². The largest absolute Gasteiger partial charge is 0.369 e. The molecule has 6 heteroatoms. The third-order valence-electron chi connectivity index (χ3n) is 3.71. The Balaban J connectivity index is 1.89. The van der Waals surface area contributed by atoms with Crippen LogP contribution in [-0.2, 0) is 0 Å². The first-order valence-electron chi connectivity index (χ1n) is 7.23. The third-order valence-corrected chi connectivity index (χ3v) is 3.91. The molecular weight excluding hydrogens is 298 g/mol. The molecule has 1 aliphatic rings. The normalized spacial score (nSPS) is 17.6. The second-order valence-electron chi connectivity index (χ2n) is 5.64. The van der Waals surface area contributed by atoms with Gasteiger partial charge < -0.3 is 5.32 Å². The van der Waals surface area contributed by atoms with E-state index in [-0.39, 0.29) is 5.92 Å². The van der Waals surface area contributed by atoms with Crippen molar-refractivity contribution in [3.8, 4) is 0 Å². The Morgan fingerprint density at radius 2 is 2.27 bits per heavy atom. The lowest BCUT2D eigenvalue weighted by Gasteiger charge is -2.17. The first-order valence-corrected chi connectivity index (χ1v) is 7.60. The van der Waals surface area contributed by atoms with Gasteiger partial charge in [-0.15, -0.1) is 0 Å². The van der Waals surface area contributed by atoms with Gasteiger partial charge in [0.25, 0.3) is 0 Å². The zero-order valence-electron chi connectivity index (χ0n) is 12.6. The molecule has 0 aliphatic carbocycles. The van der Waals surface area contributed by atoms with Gasteiger partial charge in [-0.05, 0) is 11.5 Å². The average molecular weight is 316 g/mol. The van der Waals surface area contributed by atoms with Gasteiger partial charge in [0.05, 0.1) is 6.20 Å². The second kappa shape index (κ2) is 5.93. The van der Waals surface area contributed by atoms with E-state index in [1.807, 2.05) is 12.3 Å². The number of aliphatic imine (C=N–C) groups is 1. The highest BCUT2D eigenvalue weighted by molar-refractivity contribution is 6.29. The maximum Gasteiger partial charge on any atom is 0.162 e. The van der Waals surface area contributed by atoms with Crippen molar-refractivity contribution in [1.82, 2.24) is 14.6 Å². The highest BCUT2D eigenvalue weighted by atomic mass is 35.5. The number of fused-ring (bicyclic) bond motifs is 1. The maximum absolute atomic E-state index is 6.16. The Kier molecular flexibility index (Phi) is 3.98. The molecular formula is C16H18ClN5. The molecule has 0 spiro atoms. The smallest absolute Gasteiger partial charge is 0.162 e. The van der Waals surface area contributed by atoms with Crippen LogP contribution in [0.2, 0.25) is 5.15 Å². The number of halogens is 1. The monoisotopic (exact) mass is 315 g/mol. The molecule has 3 rings (SSSR count). The number of rotatable bonds is 4. The SMILES string of the molecule is C=C1C=NC=CC1CNc1cc(Cl)nc2c(C(C)C)cnn12. The lowest BCUT2D eigenvalue weighted by Crippen LogP contribution is -2.18. The summed E-state index contributed by atoms with van der Waals surface area (Å²) in [6.45, 7) is 8.94. The number of nitrogens with zero attached hydrogens (tertiary/aromatic N) is 4. The number of hydrogen-bond acceptors (Lipinski definition) is 4. The van der Waals surface area contributed by atoms with E-state index in [2.05, 4.69) is 40.8 Å². The van der Waals surface area contributed by atoms with Crippen molar-refractivity contribution in [2.75, 3.05) is 11.9 Å². The quantitative estimate of drug-likeness (QED) is 0.875. The average Bonchev–Trinajstić information content (AvgIpc) is 2.90. The molecule has 1 N–H and O–H groups in total. The minimum Gasteiger partial charge on any atom is -0.369 e. The second-order valence-corrected chi connectivity index (χ2v) is 6.02. The van der Waals surface area contributed by atoms with Crippen LogP contribution in [0, 0.1) is 5.92 Å². The van der Waals surface area contributed by atoms with E-state index < -0.39 is 0 Å². The van der Waals surface area contributed by atoms with Crippen molar-refractivity contribution >= 4 is 29.3 Å². The van der Waals surface area contributed by atoms with Crippen molar-refractivity contribution in [2.24, 2.45) is 10.9 Å². The summed E-state index contributed by atoms with van der Waals surface area (Å²) in [6, 6.07) is 1.79. The highest BCUT2D eigenvalue weighted by Gasteiger charge is 2.15. The van der Waals surface area contributed by atoms with Gasteiger partial charge in [-0.1, -0.05) is 38.1 Å². The van der Waals surface area contributed by atoms with E-state index >= 15 is 0 Å². The molecule has 1 aliphatic heterocycles. The number of anilines is 1. The van der Waals surface area contributed by atoms with Crippen molar-refractivity contribution in [2.45, 2.75) is 19.8 Å². The summed E-state index contributed by atoms with van der Waals surface area (Å²) in [4.78, 5) is 8.47. The van der Waals surface area contributed by atoms with Crippen LogP contribution in [0.1, 0.15) is 25.3 Å². The molecule has 3 heterocycles. The van der Waals surface area contributed by atoms with Gasteiger partial charge in [-0.2, -0.15) is 9.61 Å². The Labute approximate surface area is 134 Å². The molecule has 0 bridgehead atoms. The summed E-state index contributed by atoms with van der Waals surface area (Å²) in [6.07, 6.45) is 7.45. The molecule has 0 saturated carbocycles. The number of hydrogen-bond donors (Lipinski definition) is 1. The number of aromatic nitrogens is 3. The van der Waals surface area contributed by atoms with Gasteiger partial charge in [0.1, 0.15) is 11.0 Å². The van der Waals surface area contributed by atoms with Crippen molar-refractivity contribution in [3.05, 3.63) is 47.4 Å². The topological polar surface area (TPSA) is 54.6 Å². The number of nitrogens with one attached hydrogen (secondary N) is 1. The fourth-order valence-electron chi connectivity index (χ4n) is 2.41. The predicted molar refractivity (Wildman–Crippen MR) is 90.8 cm³/mol. The van der Waals surface area contributed by atoms with Crippen molar-refractivity contribution in [3.63, 3.8) is 0 Å². The summed E-state index contributed by atoms with van der Waals surface area (Å²) in [5.74, 6) is 1.37. The first kappa shape index (κ1) is 14.8. The van der Waals surface area contributed by atoms with Gasteiger partial charge in [0.15, 0.2) is 5.65 Å². The van der Waals surface area contributed by atoms with Gasteiger partial charge in [-0.25, -0.2) is 4.98 Å². The molecule has 2 aromatic heterocycles. The van der Waals surface area contributed by atoms with Crippen LogP contribution >= 0.6 is 11.6 Å². The Hall–Kier alpha value is -2.14. The molecule has 0 amide bonds. The maximum atomic E-state index is 6.16. The molecule has 1 atom stereocenters. The highest BCUT2D eigenvalue weighted by Crippen LogP contribution is 2.24. The summed E-state index contributed by atoms with van der Waals surface area (Å²) in [5.41, 5.74) is 2.86. The summed E-state index contributed by atoms with van der Waals surface area (Å²) in [7, 11) is 0. The molecule has 5 nitrogen and oxygen atoms in total. The standard InChI is InChI=1S/C16H18ClN5/c1-10(2)13-9-20-22-15(6-14(17)21-16(13)22)19-8-12-4-5-18-7-11(12)3/h4-7,9-10,12,19H,3,8H2,1-2H3. The van der Waals surface area contributed by atoms with E-state index in [0.717, 1.165) is 22.6 Å². The van der Waals surface area contributed by atoms with E-state index in [0.29, 0.717) is 17.6 Å². The predicted octanol–water partition coefficient (Wildman–Crippen LogP) is 3.69. The zero-order valence-corrected chi connectivity index (χ0v) is 13.4. The molecule has 0 radical (unpaired) electrons. The molecule has 0 saturated heterocycles. The molecule has 22 heavy (non-hydrogen) atoms. The van der Waals surface area contributed by atoms with E-state index in [9.17, 15) is 0 Å². The van der Waals surface area contributed by atoms with Gasteiger partial charge in [0, 0.05) is 36.5 Å². The van der Waals surface area contributed by atoms with Crippen LogP contribution in [0.25, 0.3) is 5.65 Å². The van der Waals surface area contributed by atoms with Crippen LogP contribution in [0.3, 0.4) is 0 Å². The van der Waals surface area contributed by atoms with Crippen LogP contribution in [0.5, 0.6) is 0 Å². The molecule has 114 valence electrons. The van der Waals surface area contributed by atoms with Gasteiger partial charge in [-0.3, -0.25) is 4.99 Å². The first-order chi connectivity index (χ1) is 10.6. The van der Waals surface area contributed by atoms with E-state index in [4.69, 9.17) is 11.6 Å². The van der Waals surface area contributed by atoms with Crippen LogP contribution < -0.4 is 5.32 Å². The summed E-state index contributed by atoms with van der Waals surface area (Å²) >= 11 is 6.16. The third kappa shape index (κ3) is 2.76. The Morgan fingerprint density at radius 1 is 1.45 bits per heavy atom. The lowest BCUT2D eigenvalue weighted by atomic mass is 10.00. The van der Waals surface area contributed by atoms with Crippen molar-refractivity contribution < 1.29 is 0 Å². The Morgan fingerprint density at radius 3 is 3.00 bits per heavy atom. The molecule has 0 fully saturated rings. The van der Waals surface area contributed by atoms with E-state index in [1.165, 1.54) is 0 Å². The molecule has 0 aromatic carbocycles. The van der Waals surface area contributed by atoms with Crippen LogP contribution in [0.15, 0.2) is 41.7 Å². The lowest BCUT2D eigenvalue weighted by molar-refractivity contribution is 0.812. The zero-order chi connectivity index (χ0) is 15.7. The summed E-state index contributed by atoms with van der Waals surface area (Å²) in [5, 5.41) is 8.27. The minimum atomic E-state index is 0.208. The summed E-state index contributed by atoms with van der Waals surface area (Å²) < 4.78 is 1.80. The van der Waals surface area contributed by atoms with E-state index in [1.54, 1.807) is 23.0 Å². The fourth-order valence-corrected chi connectivity index (χ4v) is 2.59.